The van der Waals surface area contributed by atoms with Crippen molar-refractivity contribution in [3.63, 3.8) is 0 Å². The molecule has 0 fully saturated rings. The van der Waals surface area contributed by atoms with Crippen LogP contribution < -0.4 is 0 Å². The zero-order valence-electron chi connectivity index (χ0n) is 5.44. The van der Waals surface area contributed by atoms with Gasteiger partial charge in [0.2, 0.25) is 0 Å². The van der Waals surface area contributed by atoms with E-state index in [1.807, 2.05) is 11.8 Å². The van der Waals surface area contributed by atoms with Gasteiger partial charge in [-0.15, -0.1) is 0 Å². The molecule has 4 heteroatoms. The topological polar surface area (TPSA) is 20.2 Å². The van der Waals surface area contributed by atoms with Crippen molar-refractivity contribution in [1.82, 2.24) is 0 Å². The van der Waals surface area contributed by atoms with Gasteiger partial charge in [0.1, 0.15) is 5.92 Å². The van der Waals surface area contributed by atoms with E-state index in [1.54, 1.807) is 0 Å². The van der Waals surface area contributed by atoms with Crippen LogP contribution in [0.3, 0.4) is 0 Å². The zero-order valence-corrected chi connectivity index (χ0v) is 5.44. The maximum Gasteiger partial charge on any atom is 0.402 e. The molecule has 1 atom stereocenters. The van der Waals surface area contributed by atoms with Gasteiger partial charge in [-0.05, 0) is 18.4 Å². The molecule has 1 aliphatic carbocycles. The molecule has 0 aromatic rings. The highest BCUT2D eigenvalue weighted by Gasteiger charge is 2.38. The summed E-state index contributed by atoms with van der Waals surface area (Å²) in [4.78, 5) is 0. The van der Waals surface area contributed by atoms with E-state index in [9.17, 15) is 13.2 Å². The van der Waals surface area contributed by atoms with Crippen molar-refractivity contribution in [2.75, 3.05) is 0 Å². The highest BCUT2D eigenvalue weighted by Crippen LogP contribution is 2.29. The summed E-state index contributed by atoms with van der Waals surface area (Å²) in [5.41, 5.74) is 0. The summed E-state index contributed by atoms with van der Waals surface area (Å²) in [6.07, 6.45) is -3.44. The molecule has 0 saturated carbocycles. The van der Waals surface area contributed by atoms with Gasteiger partial charge in [0.05, 0.1) is 0 Å². The minimum Gasteiger partial charge on any atom is -0.501 e. The first kappa shape index (κ1) is 7.99. The summed E-state index contributed by atoms with van der Waals surface area (Å²) >= 11 is 0. The van der Waals surface area contributed by atoms with Crippen molar-refractivity contribution < 1.29 is 18.3 Å². The lowest BCUT2D eigenvalue weighted by molar-refractivity contribution is -0.157. The van der Waals surface area contributed by atoms with Crippen LogP contribution in [0, 0.1) is 17.8 Å². The molecule has 60 valence electrons. The lowest BCUT2D eigenvalue weighted by Crippen LogP contribution is -2.21. The Labute approximate surface area is 61.5 Å². The molecule has 0 saturated heterocycles. The molecule has 0 aliphatic heterocycles. The van der Waals surface area contributed by atoms with Crippen LogP contribution in [-0.2, 0) is 0 Å². The first-order valence-corrected chi connectivity index (χ1v) is 2.97. The summed E-state index contributed by atoms with van der Waals surface area (Å²) in [7, 11) is 0. The van der Waals surface area contributed by atoms with Crippen LogP contribution in [-0.4, -0.2) is 11.3 Å². The summed E-state index contributed by atoms with van der Waals surface area (Å²) < 4.78 is 35.6. The van der Waals surface area contributed by atoms with Crippen LogP contribution in [0.2, 0.25) is 0 Å². The molecule has 1 nitrogen and oxygen atoms in total. The molecule has 1 aliphatic rings. The fraction of sp³-hybridized carbons (Fsp3) is 0.429. The van der Waals surface area contributed by atoms with Gasteiger partial charge < -0.3 is 5.11 Å². The Balaban J connectivity index is 2.70. The quantitative estimate of drug-likeness (QED) is 0.540. The molecule has 11 heavy (non-hydrogen) atoms. The largest absolute Gasteiger partial charge is 0.501 e. The average molecular weight is 162 g/mol. The van der Waals surface area contributed by atoms with E-state index in [2.05, 4.69) is 0 Å². The van der Waals surface area contributed by atoms with Crippen LogP contribution in [0.5, 0.6) is 0 Å². The Kier molecular flexibility index (Phi) is 1.81. The minimum atomic E-state index is -4.27. The van der Waals surface area contributed by atoms with Gasteiger partial charge in [-0.3, -0.25) is 0 Å². The van der Waals surface area contributed by atoms with Crippen molar-refractivity contribution in [3.05, 3.63) is 11.8 Å². The number of alkyl halides is 3. The number of halogens is 3. The number of rotatable bonds is 0. The van der Waals surface area contributed by atoms with Crippen LogP contribution in [0.15, 0.2) is 11.8 Å². The molecule has 0 spiro atoms. The molecule has 0 amide bonds. The average Bonchev–Trinajstić information content (AvgIpc) is 1.86. The van der Waals surface area contributed by atoms with Crippen molar-refractivity contribution in [2.24, 2.45) is 5.92 Å². The Morgan fingerprint density at radius 3 is 2.55 bits per heavy atom. The van der Waals surface area contributed by atoms with Gasteiger partial charge in [-0.1, -0.05) is 5.92 Å². The second-order valence-electron chi connectivity index (χ2n) is 2.19. The third kappa shape index (κ3) is 1.90. The standard InChI is InChI=1S/C7H5F3O/c8-7(9,10)5-1-3-6(11)4-2-5/h3,5,11H,1H2. The fourth-order valence-electron chi connectivity index (χ4n) is 0.716. The van der Waals surface area contributed by atoms with Gasteiger partial charge >= 0.3 is 6.18 Å². The third-order valence-electron chi connectivity index (χ3n) is 1.32. The van der Waals surface area contributed by atoms with Gasteiger partial charge in [-0.2, -0.15) is 13.2 Å². The summed E-state index contributed by atoms with van der Waals surface area (Å²) in [5, 5.41) is 8.61. The maximum atomic E-state index is 11.9. The van der Waals surface area contributed by atoms with Crippen LogP contribution in [0.4, 0.5) is 13.2 Å². The molecule has 1 rings (SSSR count). The molecule has 0 heterocycles. The van der Waals surface area contributed by atoms with Crippen LogP contribution in [0.25, 0.3) is 0 Å². The van der Waals surface area contributed by atoms with Crippen LogP contribution in [0.1, 0.15) is 6.42 Å². The predicted molar refractivity (Wildman–Crippen MR) is 32.6 cm³/mol. The van der Waals surface area contributed by atoms with E-state index in [4.69, 9.17) is 5.11 Å². The highest BCUT2D eigenvalue weighted by atomic mass is 19.4. The van der Waals surface area contributed by atoms with Gasteiger partial charge in [0.25, 0.3) is 0 Å². The number of aliphatic hydroxyl groups is 1. The number of hydrogen-bond acceptors (Lipinski definition) is 1. The molecule has 1 unspecified atom stereocenters. The molecule has 1 N–H and O–H groups in total. The molecular weight excluding hydrogens is 157 g/mol. The SMILES string of the molecule is OC1=CCC(C(F)(F)F)C#C1. The Hall–Kier alpha value is -1.11. The summed E-state index contributed by atoms with van der Waals surface area (Å²) in [5.74, 6) is 2.02. The zero-order chi connectivity index (χ0) is 8.48. The second-order valence-corrected chi connectivity index (χ2v) is 2.19. The molecule has 0 bridgehead atoms. The normalized spacial score (nSPS) is 23.5. The summed E-state index contributed by atoms with van der Waals surface area (Å²) in [6, 6.07) is 0. The van der Waals surface area contributed by atoms with Gasteiger partial charge in [0.15, 0.2) is 5.76 Å². The van der Waals surface area contributed by atoms with Gasteiger partial charge in [-0.25, -0.2) is 0 Å². The lowest BCUT2D eigenvalue weighted by atomic mass is 10.0. The summed E-state index contributed by atoms with van der Waals surface area (Å²) in [6.45, 7) is 0. The third-order valence-corrected chi connectivity index (χ3v) is 1.32. The van der Waals surface area contributed by atoms with Crippen molar-refractivity contribution in [2.45, 2.75) is 12.6 Å². The van der Waals surface area contributed by atoms with E-state index in [0.717, 1.165) is 6.08 Å². The monoisotopic (exact) mass is 162 g/mol. The van der Waals surface area contributed by atoms with E-state index >= 15 is 0 Å². The molecular formula is C7H5F3O. The van der Waals surface area contributed by atoms with E-state index < -0.39 is 12.1 Å². The maximum absolute atomic E-state index is 11.9. The minimum absolute atomic E-state index is 0.248. The molecule has 0 aromatic heterocycles. The number of aliphatic hydroxyl groups excluding tert-OH is 1. The van der Waals surface area contributed by atoms with E-state index in [0.29, 0.717) is 0 Å². The Bertz CT molecular complexity index is 241. The number of hydrogen-bond donors (Lipinski definition) is 1. The first-order valence-electron chi connectivity index (χ1n) is 2.97. The number of allylic oxidation sites excluding steroid dienone is 2. The Morgan fingerprint density at radius 2 is 2.18 bits per heavy atom. The lowest BCUT2D eigenvalue weighted by Gasteiger charge is -2.14. The van der Waals surface area contributed by atoms with Gasteiger partial charge in [0, 0.05) is 0 Å². The Morgan fingerprint density at radius 1 is 1.55 bits per heavy atom. The van der Waals surface area contributed by atoms with Crippen LogP contribution >= 0.6 is 0 Å². The smallest absolute Gasteiger partial charge is 0.402 e. The van der Waals surface area contributed by atoms with Crippen molar-refractivity contribution in [3.8, 4) is 11.8 Å². The highest BCUT2D eigenvalue weighted by molar-refractivity contribution is 5.28. The van der Waals surface area contributed by atoms with Crippen molar-refractivity contribution >= 4 is 0 Å². The second kappa shape index (κ2) is 2.50. The predicted octanol–water partition coefficient (Wildman–Crippen LogP) is 2.01. The molecule has 0 radical (unpaired) electrons. The van der Waals surface area contributed by atoms with Crippen molar-refractivity contribution in [1.29, 1.82) is 0 Å². The first-order chi connectivity index (χ1) is 5.00. The van der Waals surface area contributed by atoms with E-state index in [-0.39, 0.29) is 12.2 Å². The fourth-order valence-corrected chi connectivity index (χ4v) is 0.716. The molecule has 0 aromatic carbocycles. The van der Waals surface area contributed by atoms with E-state index in [1.165, 1.54) is 0 Å².